The fraction of sp³-hybridized carbons (Fsp3) is 0.714. The van der Waals surface area contributed by atoms with Crippen molar-refractivity contribution in [1.82, 2.24) is 19.3 Å². The molecule has 0 spiro atoms. The van der Waals surface area contributed by atoms with Gasteiger partial charge in [-0.15, -0.1) is 0 Å². The molecule has 0 saturated carbocycles. The average molecular weight is 263 g/mol. The average Bonchev–Trinajstić information content (AvgIpc) is 2.83. The molecule has 0 aliphatic rings. The quantitative estimate of drug-likeness (QED) is 0.781. The molecule has 2 aromatic heterocycles. The molecule has 0 aliphatic heterocycles. The highest BCUT2D eigenvalue weighted by Gasteiger charge is 2.14. The zero-order valence-electron chi connectivity index (χ0n) is 12.3. The van der Waals surface area contributed by atoms with E-state index in [-0.39, 0.29) is 0 Å². The van der Waals surface area contributed by atoms with Gasteiger partial charge in [-0.25, -0.2) is 4.98 Å². The Kier molecular flexibility index (Phi) is 4.45. The maximum Gasteiger partial charge on any atom is 0.202 e. The number of hydrogen-bond donors (Lipinski definition) is 1. The van der Waals surface area contributed by atoms with E-state index in [1.807, 2.05) is 18.7 Å². The zero-order valence-corrected chi connectivity index (χ0v) is 12.3. The van der Waals surface area contributed by atoms with E-state index in [1.165, 1.54) is 32.1 Å². The standard InChI is InChI=1S/C14H25N5/c1-4-5-6-7-8-9-10-19-13-12(16-14(19)15)11(2)17-18(13)3/h4-10H2,1-3H3,(H2,15,16). The number of nitrogens with two attached hydrogens (primary N) is 1. The van der Waals surface area contributed by atoms with E-state index < -0.39 is 0 Å². The molecule has 0 aromatic carbocycles. The minimum absolute atomic E-state index is 0.611. The van der Waals surface area contributed by atoms with Crippen molar-refractivity contribution in [2.45, 2.75) is 58.9 Å². The van der Waals surface area contributed by atoms with Crippen molar-refractivity contribution < 1.29 is 0 Å². The van der Waals surface area contributed by atoms with E-state index in [0.29, 0.717) is 5.95 Å². The van der Waals surface area contributed by atoms with Crippen LogP contribution < -0.4 is 5.73 Å². The smallest absolute Gasteiger partial charge is 0.202 e. The fourth-order valence-electron chi connectivity index (χ4n) is 2.62. The molecule has 0 unspecified atom stereocenters. The number of nitrogen functional groups attached to an aromatic ring is 1. The van der Waals surface area contributed by atoms with Gasteiger partial charge in [-0.05, 0) is 13.3 Å². The second-order valence-corrected chi connectivity index (χ2v) is 5.27. The van der Waals surface area contributed by atoms with Gasteiger partial charge in [-0.3, -0.25) is 9.25 Å². The Morgan fingerprint density at radius 2 is 1.79 bits per heavy atom. The van der Waals surface area contributed by atoms with Crippen molar-refractivity contribution >= 4 is 17.1 Å². The van der Waals surface area contributed by atoms with Gasteiger partial charge in [0.1, 0.15) is 5.52 Å². The van der Waals surface area contributed by atoms with Crippen LogP contribution in [0.25, 0.3) is 11.2 Å². The van der Waals surface area contributed by atoms with Gasteiger partial charge in [-0.2, -0.15) is 5.10 Å². The monoisotopic (exact) mass is 263 g/mol. The lowest BCUT2D eigenvalue weighted by Gasteiger charge is -2.06. The van der Waals surface area contributed by atoms with Crippen molar-refractivity contribution in [3.8, 4) is 0 Å². The Morgan fingerprint density at radius 3 is 2.53 bits per heavy atom. The second-order valence-electron chi connectivity index (χ2n) is 5.27. The van der Waals surface area contributed by atoms with E-state index in [9.17, 15) is 0 Å². The number of rotatable bonds is 7. The summed E-state index contributed by atoms with van der Waals surface area (Å²) in [5, 5.41) is 4.40. The molecule has 0 fully saturated rings. The summed E-state index contributed by atoms with van der Waals surface area (Å²) in [6.07, 6.45) is 7.72. The molecular formula is C14H25N5. The fourth-order valence-corrected chi connectivity index (χ4v) is 2.62. The van der Waals surface area contributed by atoms with Crippen molar-refractivity contribution in [2.24, 2.45) is 7.05 Å². The lowest BCUT2D eigenvalue weighted by molar-refractivity contribution is 0.561. The molecule has 2 N–H and O–H groups in total. The molecule has 0 radical (unpaired) electrons. The summed E-state index contributed by atoms with van der Waals surface area (Å²) in [6, 6.07) is 0. The van der Waals surface area contributed by atoms with Crippen LogP contribution in [0.3, 0.4) is 0 Å². The molecule has 2 rings (SSSR count). The Balaban J connectivity index is 1.98. The first-order valence-electron chi connectivity index (χ1n) is 7.30. The normalized spacial score (nSPS) is 11.5. The first-order chi connectivity index (χ1) is 9.15. The summed E-state index contributed by atoms with van der Waals surface area (Å²) in [5.41, 5.74) is 8.94. The molecule has 0 aliphatic carbocycles. The van der Waals surface area contributed by atoms with Crippen molar-refractivity contribution in [3.05, 3.63) is 5.69 Å². The lowest BCUT2D eigenvalue weighted by Crippen LogP contribution is -2.07. The summed E-state index contributed by atoms with van der Waals surface area (Å²) >= 11 is 0. The van der Waals surface area contributed by atoms with Crippen molar-refractivity contribution in [3.63, 3.8) is 0 Å². The van der Waals surface area contributed by atoms with Crippen LogP contribution in [0.15, 0.2) is 0 Å². The Bertz CT molecular complexity index is 538. The first-order valence-corrected chi connectivity index (χ1v) is 7.30. The van der Waals surface area contributed by atoms with E-state index in [0.717, 1.165) is 29.8 Å². The Labute approximate surface area is 114 Å². The van der Waals surface area contributed by atoms with Crippen molar-refractivity contribution in [2.75, 3.05) is 5.73 Å². The van der Waals surface area contributed by atoms with Crippen molar-refractivity contribution in [1.29, 1.82) is 0 Å². The molecule has 0 amide bonds. The number of fused-ring (bicyclic) bond motifs is 1. The third kappa shape index (κ3) is 2.91. The highest BCUT2D eigenvalue weighted by atomic mass is 15.3. The topological polar surface area (TPSA) is 61.7 Å². The predicted molar refractivity (Wildman–Crippen MR) is 79.0 cm³/mol. The minimum Gasteiger partial charge on any atom is -0.369 e. The predicted octanol–water partition coefficient (Wildman–Crippen LogP) is 3.02. The van der Waals surface area contributed by atoms with Gasteiger partial charge in [0.15, 0.2) is 5.65 Å². The molecular weight excluding hydrogens is 238 g/mol. The van der Waals surface area contributed by atoms with Gasteiger partial charge in [0.25, 0.3) is 0 Å². The van der Waals surface area contributed by atoms with E-state index >= 15 is 0 Å². The number of aryl methyl sites for hydroxylation is 3. The molecule has 5 nitrogen and oxygen atoms in total. The van der Waals surface area contributed by atoms with Crippen LogP contribution in [0, 0.1) is 6.92 Å². The summed E-state index contributed by atoms with van der Waals surface area (Å²) in [5.74, 6) is 0.611. The number of hydrogen-bond acceptors (Lipinski definition) is 3. The molecule has 0 bridgehead atoms. The maximum absolute atomic E-state index is 6.01. The highest BCUT2D eigenvalue weighted by molar-refractivity contribution is 5.77. The van der Waals surface area contributed by atoms with Crippen LogP contribution in [0.5, 0.6) is 0 Å². The van der Waals surface area contributed by atoms with Crippen LogP contribution in [0.4, 0.5) is 5.95 Å². The molecule has 106 valence electrons. The Hall–Kier alpha value is -1.52. The van der Waals surface area contributed by atoms with Crippen LogP contribution in [-0.2, 0) is 13.6 Å². The first kappa shape index (κ1) is 13.9. The number of anilines is 1. The SMILES string of the molecule is CCCCCCCCn1c(N)nc2c(C)nn(C)c21. The molecule has 2 aromatic rings. The van der Waals surface area contributed by atoms with Gasteiger partial charge < -0.3 is 5.73 Å². The molecule has 2 heterocycles. The zero-order chi connectivity index (χ0) is 13.8. The number of nitrogens with zero attached hydrogens (tertiary/aromatic N) is 4. The van der Waals surface area contributed by atoms with Gasteiger partial charge in [0.2, 0.25) is 5.95 Å². The second kappa shape index (κ2) is 6.08. The minimum atomic E-state index is 0.611. The van der Waals surface area contributed by atoms with Gasteiger partial charge in [0.05, 0.1) is 5.69 Å². The number of unbranched alkanes of at least 4 members (excludes halogenated alkanes) is 5. The highest BCUT2D eigenvalue weighted by Crippen LogP contribution is 2.21. The lowest BCUT2D eigenvalue weighted by atomic mass is 10.1. The summed E-state index contributed by atoms with van der Waals surface area (Å²) in [7, 11) is 1.95. The molecule has 0 saturated heterocycles. The van der Waals surface area contributed by atoms with Gasteiger partial charge in [-0.1, -0.05) is 39.0 Å². The third-order valence-electron chi connectivity index (χ3n) is 3.65. The molecule has 19 heavy (non-hydrogen) atoms. The van der Waals surface area contributed by atoms with Crippen LogP contribution in [0.1, 0.15) is 51.1 Å². The number of aromatic nitrogens is 4. The summed E-state index contributed by atoms with van der Waals surface area (Å²) < 4.78 is 3.97. The van der Waals surface area contributed by atoms with E-state index in [2.05, 4.69) is 21.6 Å². The molecule has 5 heteroatoms. The van der Waals surface area contributed by atoms with E-state index in [1.54, 1.807) is 0 Å². The third-order valence-corrected chi connectivity index (χ3v) is 3.65. The Morgan fingerprint density at radius 1 is 1.11 bits per heavy atom. The van der Waals surface area contributed by atoms with Crippen LogP contribution in [-0.4, -0.2) is 19.3 Å². The summed E-state index contributed by atoms with van der Waals surface area (Å²) in [6.45, 7) is 5.16. The number of imidazole rings is 1. The maximum atomic E-state index is 6.01. The van der Waals surface area contributed by atoms with Gasteiger partial charge in [0, 0.05) is 13.6 Å². The molecule has 0 atom stereocenters. The largest absolute Gasteiger partial charge is 0.369 e. The summed E-state index contributed by atoms with van der Waals surface area (Å²) in [4.78, 5) is 4.42. The van der Waals surface area contributed by atoms with Gasteiger partial charge >= 0.3 is 0 Å². The van der Waals surface area contributed by atoms with E-state index in [4.69, 9.17) is 5.73 Å². The van der Waals surface area contributed by atoms with Crippen LogP contribution in [0.2, 0.25) is 0 Å². The van der Waals surface area contributed by atoms with Crippen LogP contribution >= 0.6 is 0 Å².